The van der Waals surface area contributed by atoms with Crippen LogP contribution in [0.1, 0.15) is 19.4 Å². The van der Waals surface area contributed by atoms with Crippen LogP contribution in [0.2, 0.25) is 0 Å². The molecule has 1 rings (SSSR count). The maximum Gasteiger partial charge on any atom is 0.331 e. The topological polar surface area (TPSA) is 83.5 Å². The number of hydrogen-bond acceptors (Lipinski definition) is 3. The molecule has 98 valence electrons. The molecule has 0 fully saturated rings. The lowest BCUT2D eigenvalue weighted by atomic mass is 10.1. The summed E-state index contributed by atoms with van der Waals surface area (Å²) >= 11 is 0. The van der Waals surface area contributed by atoms with Crippen molar-refractivity contribution in [3.8, 4) is 0 Å². The summed E-state index contributed by atoms with van der Waals surface area (Å²) in [4.78, 5) is 10.6. The maximum absolute atomic E-state index is 11.3. The number of aliphatic carboxylic acids is 1. The van der Waals surface area contributed by atoms with Crippen molar-refractivity contribution < 1.29 is 18.3 Å². The van der Waals surface area contributed by atoms with Gasteiger partial charge in [0.25, 0.3) is 0 Å². The molecule has 0 bridgehead atoms. The van der Waals surface area contributed by atoms with Gasteiger partial charge in [-0.1, -0.05) is 12.1 Å². The quantitative estimate of drug-likeness (QED) is 0.800. The maximum atomic E-state index is 11.3. The highest BCUT2D eigenvalue weighted by atomic mass is 32.2. The first-order valence-corrected chi connectivity index (χ1v) is 7.01. The van der Waals surface area contributed by atoms with Gasteiger partial charge in [-0.2, -0.15) is 0 Å². The largest absolute Gasteiger partial charge is 0.478 e. The third kappa shape index (κ3) is 4.21. The summed E-state index contributed by atoms with van der Waals surface area (Å²) in [5.74, 6) is -0.974. The van der Waals surface area contributed by atoms with Gasteiger partial charge in [0.15, 0.2) is 0 Å². The number of sulfonamides is 1. The van der Waals surface area contributed by atoms with E-state index in [1.807, 2.05) is 0 Å². The number of carboxylic acid groups (broad SMARTS) is 1. The molecule has 0 saturated heterocycles. The molecule has 0 aromatic heterocycles. The first kappa shape index (κ1) is 14.2. The van der Waals surface area contributed by atoms with E-state index in [2.05, 4.69) is 4.72 Å². The Morgan fingerprint density at radius 1 is 1.33 bits per heavy atom. The first-order chi connectivity index (χ1) is 8.34. The first-order valence-electron chi connectivity index (χ1n) is 5.36. The summed E-state index contributed by atoms with van der Waals surface area (Å²) in [5, 5.41) is 8.72. The Morgan fingerprint density at radius 3 is 2.33 bits per heavy atom. The van der Waals surface area contributed by atoms with Gasteiger partial charge in [0, 0.05) is 11.3 Å². The van der Waals surface area contributed by atoms with Crippen molar-refractivity contribution in [2.75, 3.05) is 10.5 Å². The average molecular weight is 269 g/mol. The lowest BCUT2D eigenvalue weighted by Gasteiger charge is -2.05. The van der Waals surface area contributed by atoms with Crippen molar-refractivity contribution in [3.05, 3.63) is 35.4 Å². The number of anilines is 1. The molecule has 5 nitrogen and oxygen atoms in total. The zero-order valence-electron chi connectivity index (χ0n) is 10.2. The summed E-state index contributed by atoms with van der Waals surface area (Å²) in [7, 11) is -3.28. The lowest BCUT2D eigenvalue weighted by molar-refractivity contribution is -0.132. The van der Waals surface area contributed by atoms with Gasteiger partial charge in [0.2, 0.25) is 10.0 Å². The van der Waals surface area contributed by atoms with Crippen molar-refractivity contribution in [1.82, 2.24) is 0 Å². The van der Waals surface area contributed by atoms with E-state index in [4.69, 9.17) is 5.11 Å². The predicted octanol–water partition coefficient (Wildman–Crippen LogP) is 1.94. The number of rotatable bonds is 5. The number of nitrogens with one attached hydrogen (secondary N) is 1. The standard InChI is InChI=1S/C12H15NO4S/c1-3-18(16,17)13-11-6-4-10(5-7-11)8-9(2)12(14)15/h4-8,13H,3H2,1-2H3,(H,14,15). The minimum absolute atomic E-state index is 0.00672. The van der Waals surface area contributed by atoms with E-state index in [-0.39, 0.29) is 11.3 Å². The van der Waals surface area contributed by atoms with Gasteiger partial charge < -0.3 is 5.11 Å². The molecule has 1 aromatic carbocycles. The zero-order chi connectivity index (χ0) is 13.8. The van der Waals surface area contributed by atoms with Gasteiger partial charge in [0.1, 0.15) is 0 Å². The van der Waals surface area contributed by atoms with Crippen molar-refractivity contribution >= 4 is 27.8 Å². The van der Waals surface area contributed by atoms with E-state index < -0.39 is 16.0 Å². The van der Waals surface area contributed by atoms with E-state index in [1.165, 1.54) is 13.0 Å². The van der Waals surface area contributed by atoms with Gasteiger partial charge in [-0.25, -0.2) is 13.2 Å². The van der Waals surface area contributed by atoms with Crippen LogP contribution < -0.4 is 4.72 Å². The zero-order valence-corrected chi connectivity index (χ0v) is 11.0. The van der Waals surface area contributed by atoms with Crippen LogP contribution in [0.3, 0.4) is 0 Å². The third-order valence-electron chi connectivity index (χ3n) is 2.28. The van der Waals surface area contributed by atoms with Crippen LogP contribution in [0, 0.1) is 0 Å². The Kier molecular flexibility index (Phi) is 4.49. The van der Waals surface area contributed by atoms with Gasteiger partial charge in [-0.05, 0) is 37.6 Å². The number of carboxylic acids is 1. The highest BCUT2D eigenvalue weighted by Crippen LogP contribution is 2.14. The molecule has 18 heavy (non-hydrogen) atoms. The van der Waals surface area contributed by atoms with Crippen LogP contribution in [-0.2, 0) is 14.8 Å². The van der Waals surface area contributed by atoms with E-state index in [1.54, 1.807) is 31.2 Å². The predicted molar refractivity (Wildman–Crippen MR) is 70.8 cm³/mol. The molecule has 0 aliphatic rings. The molecule has 0 saturated carbocycles. The highest BCUT2D eigenvalue weighted by molar-refractivity contribution is 7.92. The second kappa shape index (κ2) is 5.68. The second-order valence-electron chi connectivity index (χ2n) is 3.76. The fourth-order valence-electron chi connectivity index (χ4n) is 1.21. The number of carbonyl (C=O) groups is 1. The van der Waals surface area contributed by atoms with Crippen LogP contribution in [0.5, 0.6) is 0 Å². The van der Waals surface area contributed by atoms with E-state index in [9.17, 15) is 13.2 Å². The van der Waals surface area contributed by atoms with Crippen LogP contribution in [0.25, 0.3) is 6.08 Å². The SMILES string of the molecule is CCS(=O)(=O)Nc1ccc(C=C(C)C(=O)O)cc1. The van der Waals surface area contributed by atoms with Gasteiger partial charge in [-0.3, -0.25) is 4.72 Å². The molecule has 0 atom stereocenters. The molecule has 6 heteroatoms. The van der Waals surface area contributed by atoms with Crippen molar-refractivity contribution in [3.63, 3.8) is 0 Å². The number of hydrogen-bond donors (Lipinski definition) is 2. The molecule has 1 aromatic rings. The Balaban J connectivity index is 2.88. The Morgan fingerprint density at radius 2 is 1.89 bits per heavy atom. The fourth-order valence-corrected chi connectivity index (χ4v) is 1.85. The molecule has 0 radical (unpaired) electrons. The molecule has 0 aliphatic heterocycles. The summed E-state index contributed by atoms with van der Waals surface area (Å²) in [6, 6.07) is 6.49. The average Bonchev–Trinajstić information content (AvgIpc) is 2.31. The van der Waals surface area contributed by atoms with Crippen molar-refractivity contribution in [2.45, 2.75) is 13.8 Å². The summed E-state index contributed by atoms with van der Waals surface area (Å²) in [6.45, 7) is 3.05. The smallest absolute Gasteiger partial charge is 0.331 e. The van der Waals surface area contributed by atoms with Crippen LogP contribution in [0.15, 0.2) is 29.8 Å². The van der Waals surface area contributed by atoms with E-state index in [0.717, 1.165) is 0 Å². The molecule has 0 spiro atoms. The van der Waals surface area contributed by atoms with Crippen LogP contribution in [-0.4, -0.2) is 25.2 Å². The van der Waals surface area contributed by atoms with Gasteiger partial charge >= 0.3 is 5.97 Å². The van der Waals surface area contributed by atoms with Gasteiger partial charge in [-0.15, -0.1) is 0 Å². The Bertz CT molecular complexity index is 558. The minimum atomic E-state index is -3.28. The second-order valence-corrected chi connectivity index (χ2v) is 5.77. The molecule has 0 unspecified atom stereocenters. The normalized spacial score (nSPS) is 12.2. The summed E-state index contributed by atoms with van der Waals surface area (Å²) in [6.07, 6.45) is 1.51. The monoisotopic (exact) mass is 269 g/mol. The molecular formula is C12H15NO4S. The molecule has 2 N–H and O–H groups in total. The molecule has 0 heterocycles. The highest BCUT2D eigenvalue weighted by Gasteiger charge is 2.06. The van der Waals surface area contributed by atoms with Crippen LogP contribution in [0.4, 0.5) is 5.69 Å². The van der Waals surface area contributed by atoms with Crippen LogP contribution >= 0.6 is 0 Å². The van der Waals surface area contributed by atoms with Crippen molar-refractivity contribution in [2.24, 2.45) is 0 Å². The lowest BCUT2D eigenvalue weighted by Crippen LogP contribution is -2.14. The molecule has 0 aliphatic carbocycles. The van der Waals surface area contributed by atoms with Gasteiger partial charge in [0.05, 0.1) is 5.75 Å². The summed E-state index contributed by atoms with van der Waals surface area (Å²) in [5.41, 5.74) is 1.38. The summed E-state index contributed by atoms with van der Waals surface area (Å²) < 4.78 is 25.0. The molecular weight excluding hydrogens is 254 g/mol. The Labute approximate surface area is 106 Å². The fraction of sp³-hybridized carbons (Fsp3) is 0.250. The van der Waals surface area contributed by atoms with E-state index >= 15 is 0 Å². The Hall–Kier alpha value is -1.82. The van der Waals surface area contributed by atoms with Crippen molar-refractivity contribution in [1.29, 1.82) is 0 Å². The minimum Gasteiger partial charge on any atom is -0.478 e. The third-order valence-corrected chi connectivity index (χ3v) is 3.59. The molecule has 0 amide bonds. The number of benzene rings is 1. The van der Waals surface area contributed by atoms with E-state index in [0.29, 0.717) is 11.3 Å².